The van der Waals surface area contributed by atoms with Gasteiger partial charge < -0.3 is 19.6 Å². The largest absolute Gasteiger partial charge is 0.478 e. The number of nitrogens with zero attached hydrogens (tertiary/aromatic N) is 4. The van der Waals surface area contributed by atoms with E-state index in [1.807, 2.05) is 18.2 Å². The van der Waals surface area contributed by atoms with Gasteiger partial charge >= 0.3 is 12.0 Å². The van der Waals surface area contributed by atoms with E-state index < -0.39 is 5.97 Å². The Morgan fingerprint density at radius 1 is 1.05 bits per heavy atom. The summed E-state index contributed by atoms with van der Waals surface area (Å²) in [5.41, 5.74) is 3.77. The van der Waals surface area contributed by atoms with Crippen LogP contribution in [0.3, 0.4) is 0 Å². The molecule has 3 aliphatic rings. The van der Waals surface area contributed by atoms with Crippen molar-refractivity contribution in [3.05, 3.63) is 75.6 Å². The molecule has 3 fully saturated rings. The van der Waals surface area contributed by atoms with E-state index in [-0.39, 0.29) is 29.7 Å². The fourth-order valence-electron chi connectivity index (χ4n) is 6.25. The van der Waals surface area contributed by atoms with Gasteiger partial charge in [0.2, 0.25) is 0 Å². The number of urea groups is 1. The number of benzene rings is 1. The van der Waals surface area contributed by atoms with Crippen LogP contribution in [0.25, 0.3) is 0 Å². The number of aryl methyl sites for hydroxylation is 1. The van der Waals surface area contributed by atoms with Crippen molar-refractivity contribution in [1.29, 1.82) is 0 Å². The monoisotopic (exact) mass is 592 g/mol. The summed E-state index contributed by atoms with van der Waals surface area (Å²) < 4.78 is 5.57. The van der Waals surface area contributed by atoms with E-state index in [1.54, 1.807) is 23.5 Å². The van der Waals surface area contributed by atoms with Crippen LogP contribution >= 0.6 is 23.1 Å². The highest BCUT2D eigenvalue weighted by Crippen LogP contribution is 2.38. The van der Waals surface area contributed by atoms with Crippen LogP contribution in [0.1, 0.15) is 58.9 Å². The Labute approximate surface area is 249 Å². The van der Waals surface area contributed by atoms with E-state index in [2.05, 4.69) is 44.5 Å². The minimum atomic E-state index is -0.921. The number of aromatic carboxylic acids is 1. The molecule has 0 bridgehead atoms. The number of likely N-dealkylation sites (tertiary alicyclic amines) is 1. The zero-order valence-electron chi connectivity index (χ0n) is 23.3. The van der Waals surface area contributed by atoms with Crippen molar-refractivity contribution in [2.75, 3.05) is 32.8 Å². The number of carbonyl (C=O) groups excluding carboxylic acids is 1. The highest BCUT2D eigenvalue weighted by Gasteiger charge is 2.45. The van der Waals surface area contributed by atoms with Crippen LogP contribution in [0.15, 0.2) is 63.1 Å². The first-order valence-corrected chi connectivity index (χ1v) is 16.1. The van der Waals surface area contributed by atoms with Gasteiger partial charge in [0.05, 0.1) is 11.6 Å². The quantitative estimate of drug-likeness (QED) is 0.347. The van der Waals surface area contributed by atoms with Crippen molar-refractivity contribution in [3.8, 4) is 0 Å². The fourth-order valence-corrected chi connectivity index (χ4v) is 7.79. The van der Waals surface area contributed by atoms with Crippen molar-refractivity contribution in [1.82, 2.24) is 19.7 Å². The second-order valence-corrected chi connectivity index (χ2v) is 13.0. The molecule has 0 aliphatic carbocycles. The smallest absolute Gasteiger partial charge is 0.335 e. The Morgan fingerprint density at radius 2 is 1.80 bits per heavy atom. The summed E-state index contributed by atoms with van der Waals surface area (Å²) in [5.74, 6) is -0.921. The molecule has 216 valence electrons. The number of hydrogen-bond donors (Lipinski definition) is 1. The number of piperidine rings is 1. The number of amides is 2. The maximum atomic E-state index is 13.8. The highest BCUT2D eigenvalue weighted by atomic mass is 32.2. The lowest BCUT2D eigenvalue weighted by atomic mass is 9.99. The Hall–Kier alpha value is -2.92. The molecule has 10 heteroatoms. The average molecular weight is 593 g/mol. The predicted molar refractivity (Wildman–Crippen MR) is 160 cm³/mol. The first-order valence-electron chi connectivity index (χ1n) is 14.3. The van der Waals surface area contributed by atoms with Crippen LogP contribution in [0.5, 0.6) is 0 Å². The van der Waals surface area contributed by atoms with Crippen LogP contribution in [-0.4, -0.2) is 81.7 Å². The van der Waals surface area contributed by atoms with Crippen molar-refractivity contribution in [3.63, 3.8) is 0 Å². The fraction of sp³-hybridized carbons (Fsp3) is 0.452. The van der Waals surface area contributed by atoms with Crippen LogP contribution in [0.2, 0.25) is 0 Å². The standard InChI is InChI=1S/C31H36N4O4S2/c1-21-23(4-7-29(32-21)41-27-5-2-22(3-6-27)30(36)37)18-33-13-8-26(9-14-33)35-28(24-12-17-40-20-24)19-34(31(35)38)25-10-15-39-16-11-25/h2-7,12,17,20,25-26,28H,8-11,13-16,18-19H2,1H3,(H,36,37)/t28-/m0/s1. The SMILES string of the molecule is Cc1nc(Sc2ccc(C(=O)O)cc2)ccc1CN1CCC(N2C(=O)N(C3CCOCC3)C[C@H]2c2ccsc2)CC1. The number of rotatable bonds is 8. The average Bonchev–Trinajstić information content (AvgIpc) is 3.64. The third kappa shape index (κ3) is 6.30. The lowest BCUT2D eigenvalue weighted by Gasteiger charge is -2.39. The van der Waals surface area contributed by atoms with Crippen molar-refractivity contribution in [2.24, 2.45) is 0 Å². The van der Waals surface area contributed by atoms with Gasteiger partial charge in [0.25, 0.3) is 0 Å². The molecule has 41 heavy (non-hydrogen) atoms. The van der Waals surface area contributed by atoms with Gasteiger partial charge in [-0.25, -0.2) is 14.6 Å². The molecular weight excluding hydrogens is 556 g/mol. The normalized spacial score (nSPS) is 21.1. The van der Waals surface area contributed by atoms with Crippen LogP contribution in [0, 0.1) is 6.92 Å². The maximum absolute atomic E-state index is 13.8. The van der Waals surface area contributed by atoms with Gasteiger partial charge in [-0.15, -0.1) is 0 Å². The minimum absolute atomic E-state index is 0.130. The van der Waals surface area contributed by atoms with Gasteiger partial charge in [-0.2, -0.15) is 11.3 Å². The molecule has 3 saturated heterocycles. The summed E-state index contributed by atoms with van der Waals surface area (Å²) in [5, 5.41) is 14.3. The molecule has 8 nitrogen and oxygen atoms in total. The zero-order valence-corrected chi connectivity index (χ0v) is 24.9. The summed E-state index contributed by atoms with van der Waals surface area (Å²) >= 11 is 3.24. The Bertz CT molecular complexity index is 1350. The number of aromatic nitrogens is 1. The number of thiophene rings is 1. The third-order valence-electron chi connectivity index (χ3n) is 8.57. The summed E-state index contributed by atoms with van der Waals surface area (Å²) in [6.45, 7) is 7.06. The summed E-state index contributed by atoms with van der Waals surface area (Å²) in [6, 6.07) is 14.1. The number of carboxylic acids is 1. The van der Waals surface area contributed by atoms with E-state index in [0.29, 0.717) is 0 Å². The minimum Gasteiger partial charge on any atom is -0.478 e. The lowest BCUT2D eigenvalue weighted by molar-refractivity contribution is 0.0493. The van der Waals surface area contributed by atoms with E-state index in [9.17, 15) is 9.59 Å². The summed E-state index contributed by atoms with van der Waals surface area (Å²) in [4.78, 5) is 37.5. The zero-order chi connectivity index (χ0) is 28.3. The molecule has 1 atom stereocenters. The highest BCUT2D eigenvalue weighted by molar-refractivity contribution is 7.99. The van der Waals surface area contributed by atoms with Gasteiger partial charge in [-0.1, -0.05) is 17.8 Å². The molecule has 0 spiro atoms. The number of ether oxygens (including phenoxy) is 1. The molecule has 0 radical (unpaired) electrons. The van der Waals surface area contributed by atoms with E-state index in [4.69, 9.17) is 14.8 Å². The van der Waals surface area contributed by atoms with E-state index >= 15 is 0 Å². The number of hydrogen-bond acceptors (Lipinski definition) is 7. The van der Waals surface area contributed by atoms with Gasteiger partial charge in [0.15, 0.2) is 0 Å². The molecule has 1 aromatic carbocycles. The second kappa shape index (κ2) is 12.5. The molecule has 2 aromatic heterocycles. The first-order chi connectivity index (χ1) is 20.0. The van der Waals surface area contributed by atoms with Gasteiger partial charge in [-0.05, 0) is 90.9 Å². The molecule has 3 aliphatic heterocycles. The Morgan fingerprint density at radius 3 is 2.46 bits per heavy atom. The number of pyridine rings is 1. The third-order valence-corrected chi connectivity index (χ3v) is 10.2. The topological polar surface area (TPSA) is 86.2 Å². The van der Waals surface area contributed by atoms with Crippen molar-refractivity contribution in [2.45, 2.75) is 67.2 Å². The van der Waals surface area contributed by atoms with E-state index in [1.165, 1.54) is 22.9 Å². The van der Waals surface area contributed by atoms with Gasteiger partial charge in [0, 0.05) is 62.1 Å². The van der Waals surface area contributed by atoms with Gasteiger partial charge in [0.1, 0.15) is 5.03 Å². The molecular formula is C31H36N4O4S2. The number of carbonyl (C=O) groups is 2. The molecule has 6 rings (SSSR count). The van der Waals surface area contributed by atoms with Crippen LogP contribution < -0.4 is 0 Å². The molecule has 3 aromatic rings. The van der Waals surface area contributed by atoms with Crippen LogP contribution in [-0.2, 0) is 11.3 Å². The molecule has 2 amide bonds. The first kappa shape index (κ1) is 28.2. The van der Waals surface area contributed by atoms with E-state index in [0.717, 1.165) is 80.7 Å². The molecule has 0 saturated carbocycles. The van der Waals surface area contributed by atoms with Gasteiger partial charge in [-0.3, -0.25) is 4.90 Å². The maximum Gasteiger partial charge on any atom is 0.335 e. The van der Waals surface area contributed by atoms with Crippen molar-refractivity contribution < 1.29 is 19.4 Å². The molecule has 0 unspecified atom stereocenters. The second-order valence-electron chi connectivity index (χ2n) is 11.1. The van der Waals surface area contributed by atoms with Crippen LogP contribution in [0.4, 0.5) is 4.79 Å². The number of carboxylic acid groups (broad SMARTS) is 1. The lowest BCUT2D eigenvalue weighted by Crippen LogP contribution is -2.48. The van der Waals surface area contributed by atoms with Crippen molar-refractivity contribution >= 4 is 35.1 Å². The Balaban J connectivity index is 1.07. The molecule has 5 heterocycles. The summed E-state index contributed by atoms with van der Waals surface area (Å²) in [7, 11) is 0. The summed E-state index contributed by atoms with van der Waals surface area (Å²) in [6.07, 6.45) is 3.80. The predicted octanol–water partition coefficient (Wildman–Crippen LogP) is 5.92. The Kier molecular flexibility index (Phi) is 8.62. The molecule has 1 N–H and O–H groups in total.